The molecule has 2 fully saturated rings. The van der Waals surface area contributed by atoms with Crippen molar-refractivity contribution in [1.29, 1.82) is 0 Å². The average Bonchev–Trinajstić information content (AvgIpc) is 2.23. The van der Waals surface area contributed by atoms with E-state index in [9.17, 15) is 5.11 Å². The number of hydrogen-bond donors (Lipinski definition) is 3. The molecule has 0 aromatic heterocycles. The maximum atomic E-state index is 9.21. The Morgan fingerprint density at radius 3 is 2.60 bits per heavy atom. The lowest BCUT2D eigenvalue weighted by Crippen LogP contribution is -2.46. The van der Waals surface area contributed by atoms with Crippen LogP contribution in [0.3, 0.4) is 0 Å². The summed E-state index contributed by atoms with van der Waals surface area (Å²) in [6.45, 7) is 1.91. The van der Waals surface area contributed by atoms with Crippen molar-refractivity contribution in [3.63, 3.8) is 0 Å². The van der Waals surface area contributed by atoms with Gasteiger partial charge in [0.15, 0.2) is 0 Å². The first-order chi connectivity index (χ1) is 7.29. The van der Waals surface area contributed by atoms with Gasteiger partial charge in [-0.3, -0.25) is 0 Å². The summed E-state index contributed by atoms with van der Waals surface area (Å²) in [6.07, 6.45) is 7.25. The Morgan fingerprint density at radius 1 is 1.20 bits per heavy atom. The van der Waals surface area contributed by atoms with E-state index < -0.39 is 0 Å². The zero-order valence-corrected chi connectivity index (χ0v) is 9.49. The highest BCUT2D eigenvalue weighted by Gasteiger charge is 2.29. The van der Waals surface area contributed by atoms with Crippen molar-refractivity contribution < 1.29 is 5.11 Å². The van der Waals surface area contributed by atoms with Gasteiger partial charge in [-0.05, 0) is 50.6 Å². The lowest BCUT2D eigenvalue weighted by atomic mass is 9.80. The van der Waals surface area contributed by atoms with E-state index in [1.807, 2.05) is 0 Å². The number of nitrogens with two attached hydrogens (primary N) is 1. The Balaban J connectivity index is 1.68. The van der Waals surface area contributed by atoms with E-state index in [-0.39, 0.29) is 6.10 Å². The zero-order valence-electron chi connectivity index (χ0n) is 9.49. The summed E-state index contributed by atoms with van der Waals surface area (Å²) in [7, 11) is 0. The third-order valence-electron chi connectivity index (χ3n) is 4.09. The molecule has 0 bridgehead atoms. The van der Waals surface area contributed by atoms with Crippen molar-refractivity contribution in [2.24, 2.45) is 17.6 Å². The summed E-state index contributed by atoms with van der Waals surface area (Å²) in [5, 5.41) is 12.9. The Kier molecular flexibility index (Phi) is 4.00. The summed E-state index contributed by atoms with van der Waals surface area (Å²) < 4.78 is 0. The van der Waals surface area contributed by atoms with Crippen LogP contribution in [0.15, 0.2) is 0 Å². The standard InChI is InChI=1S/C12H24N2O/c13-7-10-3-1-2-4-12(10)14-8-9-5-11(15)6-9/h9-12,14-15H,1-8,13H2. The van der Waals surface area contributed by atoms with Gasteiger partial charge in [0.05, 0.1) is 6.10 Å². The van der Waals surface area contributed by atoms with E-state index in [4.69, 9.17) is 5.73 Å². The maximum Gasteiger partial charge on any atom is 0.0546 e. The van der Waals surface area contributed by atoms with Crippen molar-refractivity contribution in [2.75, 3.05) is 13.1 Å². The van der Waals surface area contributed by atoms with Gasteiger partial charge in [0.25, 0.3) is 0 Å². The molecule has 0 radical (unpaired) electrons. The van der Waals surface area contributed by atoms with Crippen molar-refractivity contribution in [2.45, 2.75) is 50.7 Å². The fourth-order valence-electron chi connectivity index (χ4n) is 2.94. The second-order valence-electron chi connectivity index (χ2n) is 5.29. The van der Waals surface area contributed by atoms with Crippen molar-refractivity contribution in [3.05, 3.63) is 0 Å². The van der Waals surface area contributed by atoms with E-state index in [0.29, 0.717) is 17.9 Å². The number of nitrogens with one attached hydrogen (secondary N) is 1. The summed E-state index contributed by atoms with van der Waals surface area (Å²) in [4.78, 5) is 0. The van der Waals surface area contributed by atoms with Gasteiger partial charge in [-0.2, -0.15) is 0 Å². The smallest absolute Gasteiger partial charge is 0.0546 e. The molecule has 0 aromatic carbocycles. The molecule has 0 spiro atoms. The van der Waals surface area contributed by atoms with E-state index in [2.05, 4.69) is 5.32 Å². The minimum absolute atomic E-state index is 0.0199. The lowest BCUT2D eigenvalue weighted by molar-refractivity contribution is 0.0400. The summed E-state index contributed by atoms with van der Waals surface area (Å²) in [5.41, 5.74) is 5.79. The van der Waals surface area contributed by atoms with Gasteiger partial charge < -0.3 is 16.2 Å². The van der Waals surface area contributed by atoms with Gasteiger partial charge in [0.2, 0.25) is 0 Å². The third-order valence-corrected chi connectivity index (χ3v) is 4.09. The highest BCUT2D eigenvalue weighted by Crippen LogP contribution is 2.28. The van der Waals surface area contributed by atoms with Crippen LogP contribution >= 0.6 is 0 Å². The van der Waals surface area contributed by atoms with Gasteiger partial charge >= 0.3 is 0 Å². The molecule has 2 rings (SSSR count). The lowest BCUT2D eigenvalue weighted by Gasteiger charge is -2.36. The predicted octanol–water partition coefficient (Wildman–Crippen LogP) is 0.864. The van der Waals surface area contributed by atoms with Crippen molar-refractivity contribution in [3.8, 4) is 0 Å². The van der Waals surface area contributed by atoms with E-state index in [0.717, 1.165) is 25.9 Å². The van der Waals surface area contributed by atoms with Gasteiger partial charge in [-0.15, -0.1) is 0 Å². The highest BCUT2D eigenvalue weighted by molar-refractivity contribution is 4.85. The molecule has 15 heavy (non-hydrogen) atoms. The molecular formula is C12H24N2O. The van der Waals surface area contributed by atoms with Crippen LogP contribution in [0.1, 0.15) is 38.5 Å². The van der Waals surface area contributed by atoms with Crippen LogP contribution in [0.4, 0.5) is 0 Å². The molecule has 0 aromatic rings. The summed E-state index contributed by atoms with van der Waals surface area (Å²) >= 11 is 0. The van der Waals surface area contributed by atoms with Crippen LogP contribution in [0.5, 0.6) is 0 Å². The highest BCUT2D eigenvalue weighted by atomic mass is 16.3. The Morgan fingerprint density at radius 2 is 1.93 bits per heavy atom. The summed E-state index contributed by atoms with van der Waals surface area (Å²) in [6, 6.07) is 0.640. The molecule has 3 heteroatoms. The summed E-state index contributed by atoms with van der Waals surface area (Å²) in [5.74, 6) is 1.39. The molecule has 2 saturated carbocycles. The molecule has 2 aliphatic rings. The number of aliphatic hydroxyl groups excluding tert-OH is 1. The fourth-order valence-corrected chi connectivity index (χ4v) is 2.94. The van der Waals surface area contributed by atoms with Crippen LogP contribution in [0, 0.1) is 11.8 Å². The van der Waals surface area contributed by atoms with Gasteiger partial charge in [-0.1, -0.05) is 12.8 Å². The monoisotopic (exact) mass is 212 g/mol. The topological polar surface area (TPSA) is 58.3 Å². The average molecular weight is 212 g/mol. The first-order valence-corrected chi connectivity index (χ1v) is 6.41. The van der Waals surface area contributed by atoms with Crippen LogP contribution in [0.2, 0.25) is 0 Å². The Labute approximate surface area is 92.4 Å². The third kappa shape index (κ3) is 2.92. The zero-order chi connectivity index (χ0) is 10.7. The second kappa shape index (κ2) is 5.28. The van der Waals surface area contributed by atoms with Crippen molar-refractivity contribution in [1.82, 2.24) is 5.32 Å². The minimum Gasteiger partial charge on any atom is -0.393 e. The molecule has 4 N–H and O–H groups in total. The fraction of sp³-hybridized carbons (Fsp3) is 1.00. The van der Waals surface area contributed by atoms with Crippen molar-refractivity contribution >= 4 is 0 Å². The molecule has 2 aliphatic carbocycles. The van der Waals surface area contributed by atoms with Crippen LogP contribution < -0.4 is 11.1 Å². The quantitative estimate of drug-likeness (QED) is 0.648. The molecule has 0 aliphatic heterocycles. The van der Waals surface area contributed by atoms with Gasteiger partial charge in [0, 0.05) is 6.04 Å². The molecule has 3 nitrogen and oxygen atoms in total. The molecule has 0 saturated heterocycles. The van der Waals surface area contributed by atoms with Gasteiger partial charge in [0.1, 0.15) is 0 Å². The Bertz CT molecular complexity index is 192. The molecule has 88 valence electrons. The first kappa shape index (κ1) is 11.4. The number of rotatable bonds is 4. The Hall–Kier alpha value is -0.120. The molecule has 0 heterocycles. The van der Waals surface area contributed by atoms with E-state index in [1.54, 1.807) is 0 Å². The minimum atomic E-state index is -0.0199. The normalized spacial score (nSPS) is 41.2. The van der Waals surface area contributed by atoms with E-state index in [1.165, 1.54) is 25.7 Å². The molecule has 2 unspecified atom stereocenters. The van der Waals surface area contributed by atoms with Gasteiger partial charge in [-0.25, -0.2) is 0 Å². The number of aliphatic hydroxyl groups is 1. The van der Waals surface area contributed by atoms with Crippen LogP contribution in [-0.2, 0) is 0 Å². The SMILES string of the molecule is NCC1CCCCC1NCC1CC(O)C1. The van der Waals surface area contributed by atoms with Crippen LogP contribution in [-0.4, -0.2) is 30.3 Å². The van der Waals surface area contributed by atoms with Crippen LogP contribution in [0.25, 0.3) is 0 Å². The maximum absolute atomic E-state index is 9.21. The van der Waals surface area contributed by atoms with E-state index >= 15 is 0 Å². The molecule has 0 amide bonds. The molecular weight excluding hydrogens is 188 g/mol. The first-order valence-electron chi connectivity index (χ1n) is 6.41. The molecule has 2 atom stereocenters. The predicted molar refractivity (Wildman–Crippen MR) is 61.5 cm³/mol. The largest absolute Gasteiger partial charge is 0.393 e. The number of hydrogen-bond acceptors (Lipinski definition) is 3. The second-order valence-corrected chi connectivity index (χ2v) is 5.29.